The van der Waals surface area contributed by atoms with E-state index in [1.54, 1.807) is 66.8 Å². The lowest BCUT2D eigenvalue weighted by Gasteiger charge is -2.25. The van der Waals surface area contributed by atoms with Crippen LogP contribution >= 0.6 is 30.3 Å². The number of carbonyl (C=O) groups excluding carboxylic acids is 1. The van der Waals surface area contributed by atoms with Crippen LogP contribution in [0.3, 0.4) is 0 Å². The predicted octanol–water partition coefficient (Wildman–Crippen LogP) is 2.31. The Morgan fingerprint density at radius 3 is 2.64 bits per heavy atom. The van der Waals surface area contributed by atoms with Gasteiger partial charge in [0.2, 0.25) is 0 Å². The lowest BCUT2D eigenvalue weighted by molar-refractivity contribution is -0.149. The summed E-state index contributed by atoms with van der Waals surface area (Å²) in [6.45, 7) is 6.02. The van der Waals surface area contributed by atoms with Crippen molar-refractivity contribution in [1.29, 1.82) is 0 Å². The van der Waals surface area contributed by atoms with E-state index >= 15 is 0 Å². The van der Waals surface area contributed by atoms with Crippen molar-refractivity contribution < 1.29 is 33.0 Å². The van der Waals surface area contributed by atoms with Crippen LogP contribution in [0.25, 0.3) is 0 Å². The van der Waals surface area contributed by atoms with Crippen molar-refractivity contribution in [3.8, 4) is 5.75 Å². The van der Waals surface area contributed by atoms with Crippen LogP contribution in [0.5, 0.6) is 5.75 Å². The van der Waals surface area contributed by atoms with Gasteiger partial charge in [-0.05, 0) is 62.4 Å². The Kier molecular flexibility index (Phi) is 9.17. The number of para-hydroxylation sites is 1. The lowest BCUT2D eigenvalue weighted by atomic mass is 10.0. The summed E-state index contributed by atoms with van der Waals surface area (Å²) in [7, 11) is -4.13. The van der Waals surface area contributed by atoms with Crippen LogP contribution < -0.4 is 20.9 Å². The van der Waals surface area contributed by atoms with Crippen LogP contribution in [0.15, 0.2) is 46.1 Å². The zero-order valence-corrected chi connectivity index (χ0v) is 23.2. The molecule has 14 heteroatoms. The fourth-order valence-electron chi connectivity index (χ4n) is 3.55. The maximum atomic E-state index is 13.6. The number of hydrogen-bond donors (Lipinski definition) is 3. The molecule has 3 rings (SSSR count). The number of esters is 1. The molecule has 0 bridgehead atoms. The molecule has 2 aromatic rings. The first-order chi connectivity index (χ1) is 16.8. The second kappa shape index (κ2) is 11.6. The molecule has 0 aliphatic carbocycles. The molecular weight excluding hydrogens is 608 g/mol. The molecule has 1 saturated heterocycles. The summed E-state index contributed by atoms with van der Waals surface area (Å²) in [4.78, 5) is 38.5. The van der Waals surface area contributed by atoms with Crippen LogP contribution in [0.4, 0.5) is 0 Å². The van der Waals surface area contributed by atoms with E-state index in [1.165, 1.54) is 20.0 Å². The molecule has 5 atom stereocenters. The summed E-state index contributed by atoms with van der Waals surface area (Å²) in [5.74, 6) is -0.401. The Bertz CT molecular complexity index is 1230. The maximum Gasteiger partial charge on any atom is 0.459 e. The highest BCUT2D eigenvalue weighted by molar-refractivity contribution is 14.1. The molecule has 1 fully saturated rings. The number of rotatable bonds is 10. The number of halogens is 1. The Morgan fingerprint density at radius 1 is 1.33 bits per heavy atom. The average molecular weight is 637 g/mol. The Labute approximate surface area is 221 Å². The summed E-state index contributed by atoms with van der Waals surface area (Å²) in [5, 5.41) is 13.5. The summed E-state index contributed by atoms with van der Waals surface area (Å²) < 4.78 is 37.2. The van der Waals surface area contributed by atoms with Gasteiger partial charge in [-0.3, -0.25) is 23.7 Å². The van der Waals surface area contributed by atoms with Gasteiger partial charge in [0.15, 0.2) is 6.23 Å². The zero-order chi connectivity index (χ0) is 26.7. The second-order valence-electron chi connectivity index (χ2n) is 8.85. The Hall–Kier alpha value is -2.03. The molecular formula is C22H29IN3O9P. The van der Waals surface area contributed by atoms with Gasteiger partial charge in [-0.15, -0.1) is 0 Å². The quantitative estimate of drug-likeness (QED) is 0.201. The van der Waals surface area contributed by atoms with Gasteiger partial charge >= 0.3 is 19.4 Å². The molecule has 0 amide bonds. The molecule has 3 N–H and O–H groups in total. The molecule has 1 aliphatic rings. The highest BCUT2D eigenvalue weighted by Gasteiger charge is 2.46. The van der Waals surface area contributed by atoms with Gasteiger partial charge in [0.25, 0.3) is 5.56 Å². The summed E-state index contributed by atoms with van der Waals surface area (Å²) >= 11 is 1.77. The zero-order valence-electron chi connectivity index (χ0n) is 20.2. The monoisotopic (exact) mass is 637 g/mol. The fourth-order valence-corrected chi connectivity index (χ4v) is 5.51. The average Bonchev–Trinajstić information content (AvgIpc) is 3.09. The van der Waals surface area contributed by atoms with Crippen LogP contribution in [0.2, 0.25) is 0 Å². The van der Waals surface area contributed by atoms with Crippen molar-refractivity contribution in [2.75, 3.05) is 6.61 Å². The van der Waals surface area contributed by atoms with Crippen LogP contribution in [0.1, 0.15) is 40.3 Å². The number of nitrogens with one attached hydrogen (secondary N) is 2. The molecule has 0 saturated carbocycles. The minimum atomic E-state index is -4.13. The van der Waals surface area contributed by atoms with Crippen molar-refractivity contribution in [3.05, 3.63) is 60.9 Å². The molecule has 2 heterocycles. The van der Waals surface area contributed by atoms with E-state index in [0.29, 0.717) is 0 Å². The topological polar surface area (TPSA) is 158 Å². The molecule has 0 radical (unpaired) electrons. The number of carbonyl (C=O) groups is 1. The smallest absolute Gasteiger partial charge is 0.459 e. The first kappa shape index (κ1) is 28.5. The fraction of sp³-hybridized carbons (Fsp3) is 0.500. The molecule has 198 valence electrons. The van der Waals surface area contributed by atoms with E-state index < -0.39 is 48.9 Å². The van der Waals surface area contributed by atoms with E-state index in [0.717, 1.165) is 4.57 Å². The minimum absolute atomic E-state index is 0.0239. The third-order valence-electron chi connectivity index (χ3n) is 5.13. The second-order valence-corrected chi connectivity index (χ2v) is 11.7. The van der Waals surface area contributed by atoms with Gasteiger partial charge in [-0.2, -0.15) is 5.09 Å². The third-order valence-corrected chi connectivity index (χ3v) is 7.54. The van der Waals surface area contributed by atoms with Gasteiger partial charge in [0.05, 0.1) is 22.4 Å². The number of aromatic nitrogens is 2. The highest BCUT2D eigenvalue weighted by atomic mass is 127. The van der Waals surface area contributed by atoms with E-state index in [4.69, 9.17) is 18.5 Å². The van der Waals surface area contributed by atoms with Crippen molar-refractivity contribution in [1.82, 2.24) is 14.6 Å². The van der Waals surface area contributed by atoms with Gasteiger partial charge in [-0.1, -0.05) is 18.2 Å². The largest absolute Gasteiger partial charge is 0.462 e. The Balaban J connectivity index is 1.77. The minimum Gasteiger partial charge on any atom is -0.462 e. The summed E-state index contributed by atoms with van der Waals surface area (Å²) in [5.41, 5.74) is -2.81. The summed E-state index contributed by atoms with van der Waals surface area (Å²) in [6, 6.07) is 7.24. The van der Waals surface area contributed by atoms with Crippen LogP contribution in [-0.2, 0) is 23.4 Å². The van der Waals surface area contributed by atoms with Gasteiger partial charge < -0.3 is 19.1 Å². The standard InChI is InChI=1S/C22H29IN3O9P/c1-13(2)33-19(28)14(3)25-36(31,35-15-8-6-5-7-9-15)32-12-16-10-22(4,30)20(34-16)26-11-17(23)18(27)24-21(26)29/h5-9,11,13-14,16,20,30H,10,12H2,1-4H3,(H,25,31)(H,24,27,29)/t14-,16+,20-,22-,36?/m1/s1. The molecule has 1 unspecified atom stereocenters. The molecule has 1 aromatic carbocycles. The lowest BCUT2D eigenvalue weighted by Crippen LogP contribution is -2.41. The Morgan fingerprint density at radius 2 is 2.00 bits per heavy atom. The van der Waals surface area contributed by atoms with Crippen molar-refractivity contribution in [2.45, 2.75) is 64.2 Å². The molecule has 0 spiro atoms. The number of aliphatic hydroxyl groups is 1. The van der Waals surface area contributed by atoms with Crippen LogP contribution in [-0.4, -0.2) is 51.1 Å². The number of nitrogens with zero attached hydrogens (tertiary/aromatic N) is 1. The van der Waals surface area contributed by atoms with Crippen molar-refractivity contribution in [2.24, 2.45) is 0 Å². The van der Waals surface area contributed by atoms with Gasteiger partial charge in [0, 0.05) is 12.6 Å². The normalized spacial score (nSPS) is 24.3. The number of H-pyrrole nitrogens is 1. The van der Waals surface area contributed by atoms with E-state index in [-0.39, 0.29) is 28.5 Å². The van der Waals surface area contributed by atoms with E-state index in [9.17, 15) is 24.1 Å². The van der Waals surface area contributed by atoms with Crippen LogP contribution in [0, 0.1) is 3.57 Å². The van der Waals surface area contributed by atoms with E-state index in [1.807, 2.05) is 0 Å². The summed E-state index contributed by atoms with van der Waals surface area (Å²) in [6.07, 6.45) is -0.990. The number of aromatic amines is 1. The number of ether oxygens (including phenoxy) is 2. The van der Waals surface area contributed by atoms with Crippen molar-refractivity contribution >= 4 is 36.3 Å². The number of hydrogen-bond acceptors (Lipinski definition) is 9. The third kappa shape index (κ3) is 7.26. The van der Waals surface area contributed by atoms with E-state index in [2.05, 4.69) is 10.1 Å². The highest BCUT2D eigenvalue weighted by Crippen LogP contribution is 2.46. The predicted molar refractivity (Wildman–Crippen MR) is 138 cm³/mol. The molecule has 12 nitrogen and oxygen atoms in total. The number of benzene rings is 1. The van der Waals surface area contributed by atoms with Crippen molar-refractivity contribution in [3.63, 3.8) is 0 Å². The first-order valence-corrected chi connectivity index (χ1v) is 13.8. The maximum absolute atomic E-state index is 13.6. The first-order valence-electron chi connectivity index (χ1n) is 11.2. The molecule has 1 aromatic heterocycles. The van der Waals surface area contributed by atoms with Gasteiger partial charge in [0.1, 0.15) is 17.4 Å². The van der Waals surface area contributed by atoms with Gasteiger partial charge in [-0.25, -0.2) is 9.36 Å². The molecule has 1 aliphatic heterocycles. The SMILES string of the molecule is CC(C)OC(=O)[C@@H](C)NP(=O)(OC[C@@H]1C[C@@](C)(O)[C@H](n2cc(I)c(=O)[nH]c2=O)O1)Oc1ccccc1. The molecule has 36 heavy (non-hydrogen) atoms.